The SMILES string of the molecule is CCCCCCCCCCCCC/C=C/C(O)C(CO)NC(=O)CCCCCCCCCCCCCCCCCCCCCCCCCCCCCCCCCCCCCCCOC(=O)CCCCCCCCCCCCCCCCCCCC. The quantitative estimate of drug-likeness (QED) is 0.0320. The van der Waals surface area contributed by atoms with Crippen LogP contribution in [-0.2, 0) is 14.3 Å². The van der Waals surface area contributed by atoms with Crippen LogP contribution in [0.5, 0.6) is 0 Å². The van der Waals surface area contributed by atoms with Gasteiger partial charge >= 0.3 is 5.97 Å². The van der Waals surface area contributed by atoms with Crippen LogP contribution in [0.2, 0.25) is 0 Å². The number of esters is 1. The van der Waals surface area contributed by atoms with Crippen LogP contribution in [0.1, 0.15) is 457 Å². The molecule has 0 bridgehead atoms. The molecule has 3 N–H and O–H groups in total. The second kappa shape index (κ2) is 75.1. The Morgan fingerprint density at radius 3 is 0.800 bits per heavy atom. The van der Waals surface area contributed by atoms with Crippen molar-refractivity contribution in [3.63, 3.8) is 0 Å². The number of rotatable bonds is 75. The number of carbonyl (C=O) groups is 2. The summed E-state index contributed by atoms with van der Waals surface area (Å²) in [5.41, 5.74) is 0. The van der Waals surface area contributed by atoms with Crippen LogP contribution in [0.3, 0.4) is 0 Å². The van der Waals surface area contributed by atoms with E-state index < -0.39 is 12.1 Å². The Morgan fingerprint density at radius 1 is 0.318 bits per heavy atom. The van der Waals surface area contributed by atoms with Gasteiger partial charge in [0.05, 0.1) is 25.4 Å². The molecule has 0 aromatic carbocycles. The fourth-order valence-corrected chi connectivity index (χ4v) is 12.8. The summed E-state index contributed by atoms with van der Waals surface area (Å²) >= 11 is 0. The van der Waals surface area contributed by atoms with E-state index in [1.807, 2.05) is 6.08 Å². The number of hydrogen-bond donors (Lipinski definition) is 3. The van der Waals surface area contributed by atoms with Gasteiger partial charge in [0.15, 0.2) is 0 Å². The van der Waals surface area contributed by atoms with E-state index in [2.05, 4.69) is 19.2 Å². The summed E-state index contributed by atoms with van der Waals surface area (Å²) in [7, 11) is 0. The van der Waals surface area contributed by atoms with Gasteiger partial charge in [0.25, 0.3) is 0 Å². The third-order valence-electron chi connectivity index (χ3n) is 18.8. The van der Waals surface area contributed by atoms with Gasteiger partial charge in [0.1, 0.15) is 0 Å². The lowest BCUT2D eigenvalue weighted by Gasteiger charge is -2.20. The summed E-state index contributed by atoms with van der Waals surface area (Å²) in [6, 6.07) is -0.622. The van der Waals surface area contributed by atoms with Gasteiger partial charge in [-0.1, -0.05) is 424 Å². The first-order chi connectivity index (χ1) is 42.0. The Morgan fingerprint density at radius 2 is 0.541 bits per heavy atom. The standard InChI is InChI=1S/C79H155NO5/c1-3-5-7-9-11-13-15-17-18-19-42-45-49-53-57-61-65-69-73-79(84)85-74-70-66-62-58-54-50-46-43-40-38-36-34-32-30-28-26-24-22-20-21-23-25-27-29-31-33-35-37-39-41-44-48-52-56-60-64-68-72-78(83)80-76(75-81)77(82)71-67-63-59-55-51-47-16-14-12-10-8-6-4-2/h67,71,76-77,81-82H,3-66,68-70,72-75H2,1-2H3,(H,80,83)/b71-67+. The van der Waals surface area contributed by atoms with Crippen LogP contribution >= 0.6 is 0 Å². The molecule has 2 unspecified atom stereocenters. The molecule has 6 nitrogen and oxygen atoms in total. The van der Waals surface area contributed by atoms with Gasteiger partial charge in [0, 0.05) is 12.8 Å². The minimum atomic E-state index is -0.839. The zero-order chi connectivity index (χ0) is 61.3. The van der Waals surface area contributed by atoms with Crippen molar-refractivity contribution in [2.45, 2.75) is 469 Å². The van der Waals surface area contributed by atoms with Crippen LogP contribution < -0.4 is 5.32 Å². The van der Waals surface area contributed by atoms with Gasteiger partial charge < -0.3 is 20.3 Å². The molecule has 0 aliphatic rings. The molecule has 0 saturated heterocycles. The van der Waals surface area contributed by atoms with Crippen LogP contribution in [0.25, 0.3) is 0 Å². The third-order valence-corrected chi connectivity index (χ3v) is 18.8. The topological polar surface area (TPSA) is 95.9 Å². The van der Waals surface area contributed by atoms with Crippen molar-refractivity contribution >= 4 is 11.9 Å². The first-order valence-corrected chi connectivity index (χ1v) is 39.5. The average molecular weight is 1200 g/mol. The predicted octanol–water partition coefficient (Wildman–Crippen LogP) is 25.9. The number of amides is 1. The van der Waals surface area contributed by atoms with Crippen molar-refractivity contribution in [2.24, 2.45) is 0 Å². The normalized spacial score (nSPS) is 12.5. The largest absolute Gasteiger partial charge is 0.466 e. The molecule has 0 heterocycles. The number of nitrogens with one attached hydrogen (secondary N) is 1. The Kier molecular flexibility index (Phi) is 73.8. The molecule has 0 aliphatic heterocycles. The molecule has 0 aliphatic carbocycles. The van der Waals surface area contributed by atoms with Crippen LogP contribution in [0, 0.1) is 0 Å². The van der Waals surface area contributed by atoms with E-state index in [9.17, 15) is 19.8 Å². The van der Waals surface area contributed by atoms with E-state index in [1.54, 1.807) is 6.08 Å². The maximum atomic E-state index is 12.5. The molecular weight excluding hydrogens is 1040 g/mol. The van der Waals surface area contributed by atoms with E-state index in [1.165, 1.54) is 392 Å². The van der Waals surface area contributed by atoms with Gasteiger partial charge in [-0.2, -0.15) is 0 Å². The van der Waals surface area contributed by atoms with Crippen molar-refractivity contribution in [2.75, 3.05) is 13.2 Å². The monoisotopic (exact) mass is 1200 g/mol. The van der Waals surface area contributed by atoms with Crippen LogP contribution in [0.4, 0.5) is 0 Å². The number of ether oxygens (including phenoxy) is 1. The van der Waals surface area contributed by atoms with Gasteiger partial charge in [-0.05, 0) is 32.1 Å². The van der Waals surface area contributed by atoms with Gasteiger partial charge in [-0.3, -0.25) is 9.59 Å². The summed E-state index contributed by atoms with van der Waals surface area (Å²) in [5, 5.41) is 23.1. The number of hydrogen-bond acceptors (Lipinski definition) is 5. The Labute approximate surface area is 533 Å². The van der Waals surface area contributed by atoms with Crippen molar-refractivity contribution in [3.8, 4) is 0 Å². The summed E-state index contributed by atoms with van der Waals surface area (Å²) in [6.07, 6.45) is 94.9. The summed E-state index contributed by atoms with van der Waals surface area (Å²) in [4.78, 5) is 24.6. The third kappa shape index (κ3) is 71.6. The number of aliphatic hydroxyl groups excluding tert-OH is 2. The fourth-order valence-electron chi connectivity index (χ4n) is 12.8. The number of unbranched alkanes of at least 4 members (excludes halogenated alkanes) is 64. The van der Waals surface area contributed by atoms with Gasteiger partial charge in [-0.15, -0.1) is 0 Å². The average Bonchev–Trinajstić information content (AvgIpc) is 3.51. The van der Waals surface area contributed by atoms with Crippen molar-refractivity contribution in [3.05, 3.63) is 12.2 Å². The molecule has 0 radical (unpaired) electrons. The van der Waals surface area contributed by atoms with Crippen molar-refractivity contribution in [1.82, 2.24) is 5.32 Å². The fraction of sp³-hybridized carbons (Fsp3) is 0.949. The van der Waals surface area contributed by atoms with Gasteiger partial charge in [0.2, 0.25) is 5.91 Å². The summed E-state index contributed by atoms with van der Waals surface area (Å²) < 4.78 is 5.52. The number of carbonyl (C=O) groups excluding carboxylic acids is 2. The van der Waals surface area contributed by atoms with E-state index in [-0.39, 0.29) is 18.5 Å². The first-order valence-electron chi connectivity index (χ1n) is 39.5. The highest BCUT2D eigenvalue weighted by Crippen LogP contribution is 2.20. The summed E-state index contributed by atoms with van der Waals surface area (Å²) in [5.74, 6) is -0.0311. The molecule has 2 atom stereocenters. The molecular formula is C79H155NO5. The van der Waals surface area contributed by atoms with E-state index in [0.717, 1.165) is 38.5 Å². The molecule has 0 saturated carbocycles. The molecule has 506 valence electrons. The highest BCUT2D eigenvalue weighted by atomic mass is 16.5. The smallest absolute Gasteiger partial charge is 0.305 e. The molecule has 0 spiro atoms. The second-order valence-electron chi connectivity index (χ2n) is 27.4. The number of aliphatic hydroxyl groups is 2. The van der Waals surface area contributed by atoms with E-state index in [4.69, 9.17) is 4.74 Å². The van der Waals surface area contributed by atoms with E-state index >= 15 is 0 Å². The maximum absolute atomic E-state index is 12.5. The molecule has 0 aromatic heterocycles. The maximum Gasteiger partial charge on any atom is 0.305 e. The van der Waals surface area contributed by atoms with Crippen molar-refractivity contribution < 1.29 is 24.5 Å². The number of allylic oxidation sites excluding steroid dienone is 1. The highest BCUT2D eigenvalue weighted by Gasteiger charge is 2.18. The molecule has 0 fully saturated rings. The minimum Gasteiger partial charge on any atom is -0.466 e. The Hall–Kier alpha value is -1.40. The van der Waals surface area contributed by atoms with Crippen LogP contribution in [0.15, 0.2) is 12.2 Å². The molecule has 0 aromatic rings. The molecule has 6 heteroatoms. The van der Waals surface area contributed by atoms with E-state index in [0.29, 0.717) is 19.4 Å². The Bertz CT molecular complexity index is 1290. The first kappa shape index (κ1) is 83.6. The lowest BCUT2D eigenvalue weighted by atomic mass is 10.0. The highest BCUT2D eigenvalue weighted by molar-refractivity contribution is 5.76. The van der Waals surface area contributed by atoms with Gasteiger partial charge in [-0.25, -0.2) is 0 Å². The molecule has 85 heavy (non-hydrogen) atoms. The minimum absolute atomic E-state index is 0.0287. The van der Waals surface area contributed by atoms with Crippen LogP contribution in [-0.4, -0.2) is 47.4 Å². The van der Waals surface area contributed by atoms with Crippen molar-refractivity contribution in [1.29, 1.82) is 0 Å². The zero-order valence-electron chi connectivity index (χ0n) is 58.1. The zero-order valence-corrected chi connectivity index (χ0v) is 58.1. The Balaban J connectivity index is 3.28. The lowest BCUT2D eigenvalue weighted by Crippen LogP contribution is -2.45. The predicted molar refractivity (Wildman–Crippen MR) is 375 cm³/mol. The summed E-state index contributed by atoms with van der Waals surface area (Å²) in [6.45, 7) is 4.95. The second-order valence-corrected chi connectivity index (χ2v) is 27.4. The molecule has 0 rings (SSSR count). The lowest BCUT2D eigenvalue weighted by molar-refractivity contribution is -0.143. The molecule has 1 amide bonds.